The maximum absolute atomic E-state index is 13.5. The summed E-state index contributed by atoms with van der Waals surface area (Å²) in [6.07, 6.45) is -3.62. The lowest BCUT2D eigenvalue weighted by Gasteiger charge is -2.40. The van der Waals surface area contributed by atoms with Crippen LogP contribution in [0.3, 0.4) is 0 Å². The number of alkyl halides is 3. The van der Waals surface area contributed by atoms with Crippen LogP contribution < -0.4 is 4.90 Å². The number of carbonyl (C=O) groups excluding carboxylic acids is 1. The number of hydrogen-bond acceptors (Lipinski definition) is 4. The summed E-state index contributed by atoms with van der Waals surface area (Å²) < 4.78 is 52.4. The smallest absolute Gasteiger partial charge is 0.369 e. The van der Waals surface area contributed by atoms with Crippen LogP contribution >= 0.6 is 0 Å². The lowest BCUT2D eigenvalue weighted by atomic mass is 10.1. The van der Waals surface area contributed by atoms with Crippen LogP contribution in [0.15, 0.2) is 18.2 Å². The van der Waals surface area contributed by atoms with Crippen LogP contribution in [0.4, 0.5) is 23.2 Å². The van der Waals surface area contributed by atoms with Gasteiger partial charge in [-0.15, -0.1) is 0 Å². The van der Waals surface area contributed by atoms with Crippen LogP contribution in [0.25, 0.3) is 0 Å². The number of rotatable bonds is 5. The predicted octanol–water partition coefficient (Wildman–Crippen LogP) is 2.91. The second-order valence-electron chi connectivity index (χ2n) is 8.10. The van der Waals surface area contributed by atoms with Crippen LogP contribution in [0.2, 0.25) is 0 Å². The molecule has 5 nitrogen and oxygen atoms in total. The summed E-state index contributed by atoms with van der Waals surface area (Å²) in [5.41, 5.74) is -0.884. The first-order chi connectivity index (χ1) is 14.2. The summed E-state index contributed by atoms with van der Waals surface area (Å²) in [6.45, 7) is 10.1. The van der Waals surface area contributed by atoms with Gasteiger partial charge < -0.3 is 9.80 Å². The molecule has 9 heteroatoms. The van der Waals surface area contributed by atoms with Gasteiger partial charge in [0.1, 0.15) is 5.82 Å². The molecule has 1 amide bonds. The molecule has 3 rings (SSSR count). The highest BCUT2D eigenvalue weighted by Gasteiger charge is 2.35. The van der Waals surface area contributed by atoms with Crippen molar-refractivity contribution in [3.63, 3.8) is 0 Å². The number of carbonyl (C=O) groups is 1. The third-order valence-electron chi connectivity index (χ3n) is 6.23. The fraction of sp³-hybridized carbons (Fsp3) is 0.667. The van der Waals surface area contributed by atoms with Crippen LogP contribution in [0.1, 0.15) is 25.8 Å². The second-order valence-corrected chi connectivity index (χ2v) is 8.10. The Balaban J connectivity index is 1.49. The van der Waals surface area contributed by atoms with E-state index in [1.807, 2.05) is 9.80 Å². The Morgan fingerprint density at radius 3 is 2.23 bits per heavy atom. The van der Waals surface area contributed by atoms with Crippen molar-refractivity contribution in [1.29, 1.82) is 0 Å². The molecule has 1 atom stereocenters. The maximum Gasteiger partial charge on any atom is 0.419 e. The number of anilines is 1. The van der Waals surface area contributed by atoms with E-state index in [4.69, 9.17) is 0 Å². The molecule has 2 saturated heterocycles. The van der Waals surface area contributed by atoms with Crippen molar-refractivity contribution < 1.29 is 22.4 Å². The molecule has 2 aliphatic rings. The number of nitrogens with zero attached hydrogens (tertiary/aromatic N) is 4. The van der Waals surface area contributed by atoms with Crippen LogP contribution in [-0.2, 0) is 11.0 Å². The average molecular weight is 430 g/mol. The first-order valence-corrected chi connectivity index (χ1v) is 10.5. The Morgan fingerprint density at radius 1 is 1.03 bits per heavy atom. The molecule has 2 aliphatic heterocycles. The highest BCUT2D eigenvalue weighted by Crippen LogP contribution is 2.34. The zero-order valence-corrected chi connectivity index (χ0v) is 17.6. The number of hydrogen-bond donors (Lipinski definition) is 0. The molecule has 1 aromatic carbocycles. The highest BCUT2D eigenvalue weighted by atomic mass is 19.4. The van der Waals surface area contributed by atoms with E-state index >= 15 is 0 Å². The molecule has 0 bridgehead atoms. The largest absolute Gasteiger partial charge is 0.419 e. The van der Waals surface area contributed by atoms with Gasteiger partial charge >= 0.3 is 6.18 Å². The first kappa shape index (κ1) is 22.8. The zero-order valence-electron chi connectivity index (χ0n) is 17.6. The van der Waals surface area contributed by atoms with Gasteiger partial charge in [-0.3, -0.25) is 14.6 Å². The fourth-order valence-electron chi connectivity index (χ4n) is 4.05. The molecule has 168 valence electrons. The predicted molar refractivity (Wildman–Crippen MR) is 108 cm³/mol. The van der Waals surface area contributed by atoms with Crippen LogP contribution in [0, 0.1) is 5.82 Å². The van der Waals surface area contributed by atoms with E-state index in [2.05, 4.69) is 18.7 Å². The summed E-state index contributed by atoms with van der Waals surface area (Å²) in [6, 6.07) is 3.64. The van der Waals surface area contributed by atoms with Crippen molar-refractivity contribution in [2.24, 2.45) is 0 Å². The Hall–Kier alpha value is -1.87. The van der Waals surface area contributed by atoms with Crippen LogP contribution in [0.5, 0.6) is 0 Å². The van der Waals surface area contributed by atoms with Gasteiger partial charge in [-0.25, -0.2) is 4.39 Å². The SMILES string of the molecule is CCC(C)N1CCN(C(=O)CN2CCN(c3ccc(F)c(C(F)(F)F)c3)CC2)CC1. The lowest BCUT2D eigenvalue weighted by Crippen LogP contribution is -2.55. The third-order valence-corrected chi connectivity index (χ3v) is 6.23. The Labute approximate surface area is 175 Å². The van der Waals surface area contributed by atoms with E-state index in [0.29, 0.717) is 44.5 Å². The topological polar surface area (TPSA) is 30.0 Å². The molecular weight excluding hydrogens is 400 g/mol. The number of amides is 1. The lowest BCUT2D eigenvalue weighted by molar-refractivity contribution is -0.140. The van der Waals surface area contributed by atoms with Gasteiger partial charge in [0.15, 0.2) is 0 Å². The van der Waals surface area contributed by atoms with E-state index in [0.717, 1.165) is 44.7 Å². The van der Waals surface area contributed by atoms with Crippen molar-refractivity contribution in [2.75, 3.05) is 63.8 Å². The Morgan fingerprint density at radius 2 is 1.67 bits per heavy atom. The first-order valence-electron chi connectivity index (χ1n) is 10.5. The average Bonchev–Trinajstić information content (AvgIpc) is 2.73. The number of halogens is 4. The molecule has 0 radical (unpaired) electrons. The number of piperazine rings is 2. The summed E-state index contributed by atoms with van der Waals surface area (Å²) >= 11 is 0. The van der Waals surface area contributed by atoms with Gasteiger partial charge in [0.05, 0.1) is 12.1 Å². The minimum absolute atomic E-state index is 0.105. The van der Waals surface area contributed by atoms with E-state index in [-0.39, 0.29) is 5.91 Å². The van der Waals surface area contributed by atoms with E-state index in [1.54, 1.807) is 4.90 Å². The standard InChI is InChI=1S/C21H30F4N4O/c1-3-16(2)27-10-12-29(13-11-27)20(30)15-26-6-8-28(9-7-26)17-4-5-19(22)18(14-17)21(23,24)25/h4-5,14,16H,3,6-13,15H2,1-2H3. The molecular formula is C21H30F4N4O. The molecule has 30 heavy (non-hydrogen) atoms. The van der Waals surface area contributed by atoms with Gasteiger partial charge in [0.2, 0.25) is 5.91 Å². The summed E-state index contributed by atoms with van der Waals surface area (Å²) in [7, 11) is 0. The summed E-state index contributed by atoms with van der Waals surface area (Å²) in [4.78, 5) is 20.8. The molecule has 0 aromatic heterocycles. The van der Waals surface area contributed by atoms with Gasteiger partial charge in [-0.2, -0.15) is 13.2 Å². The molecule has 1 unspecified atom stereocenters. The molecule has 2 heterocycles. The van der Waals surface area contributed by atoms with Crippen molar-refractivity contribution in [1.82, 2.24) is 14.7 Å². The van der Waals surface area contributed by atoms with Gasteiger partial charge in [0, 0.05) is 64.1 Å². The highest BCUT2D eigenvalue weighted by molar-refractivity contribution is 5.78. The molecule has 0 spiro atoms. The van der Waals surface area contributed by atoms with Crippen molar-refractivity contribution in [2.45, 2.75) is 32.5 Å². The summed E-state index contributed by atoms with van der Waals surface area (Å²) in [5, 5.41) is 0. The van der Waals surface area contributed by atoms with Gasteiger partial charge in [-0.1, -0.05) is 6.92 Å². The molecule has 2 fully saturated rings. The van der Waals surface area contributed by atoms with Crippen LogP contribution in [-0.4, -0.2) is 85.6 Å². The van der Waals surface area contributed by atoms with E-state index in [1.165, 1.54) is 6.07 Å². The Bertz CT molecular complexity index is 726. The molecule has 0 N–H and O–H groups in total. The van der Waals surface area contributed by atoms with Gasteiger partial charge in [-0.05, 0) is 31.5 Å². The molecule has 0 aliphatic carbocycles. The van der Waals surface area contributed by atoms with Gasteiger partial charge in [0.25, 0.3) is 0 Å². The quantitative estimate of drug-likeness (QED) is 0.672. The van der Waals surface area contributed by atoms with Crippen molar-refractivity contribution >= 4 is 11.6 Å². The monoisotopic (exact) mass is 430 g/mol. The maximum atomic E-state index is 13.5. The number of benzene rings is 1. The normalized spacial score (nSPS) is 20.5. The van der Waals surface area contributed by atoms with Crippen molar-refractivity contribution in [3.8, 4) is 0 Å². The third kappa shape index (κ3) is 5.43. The second kappa shape index (κ2) is 9.51. The Kier molecular flexibility index (Phi) is 7.23. The molecule has 0 saturated carbocycles. The van der Waals surface area contributed by atoms with E-state index < -0.39 is 17.6 Å². The summed E-state index contributed by atoms with van der Waals surface area (Å²) in [5.74, 6) is -1.16. The zero-order chi connectivity index (χ0) is 21.9. The fourth-order valence-corrected chi connectivity index (χ4v) is 4.05. The molecule has 1 aromatic rings. The van der Waals surface area contributed by atoms with Crippen molar-refractivity contribution in [3.05, 3.63) is 29.6 Å². The minimum atomic E-state index is -4.72. The van der Waals surface area contributed by atoms with E-state index in [9.17, 15) is 22.4 Å². The minimum Gasteiger partial charge on any atom is -0.369 e.